The van der Waals surface area contributed by atoms with Gasteiger partial charge in [0.2, 0.25) is 10.0 Å². The zero-order chi connectivity index (χ0) is 19.4. The lowest BCUT2D eigenvalue weighted by molar-refractivity contribution is 0.101. The minimum absolute atomic E-state index is 0.0498. The van der Waals surface area contributed by atoms with Crippen molar-refractivity contribution >= 4 is 21.5 Å². The maximum atomic E-state index is 12.5. The molecule has 140 valence electrons. The van der Waals surface area contributed by atoms with Gasteiger partial charge in [0.05, 0.1) is 16.1 Å². The molecule has 1 aliphatic rings. The number of piperidine rings is 1. The highest BCUT2D eigenvalue weighted by Crippen LogP contribution is 2.26. The molecule has 2 aromatic carbocycles. The minimum atomic E-state index is -3.54. The van der Waals surface area contributed by atoms with Crippen LogP contribution in [0.3, 0.4) is 0 Å². The Morgan fingerprint density at radius 2 is 1.81 bits per heavy atom. The lowest BCUT2D eigenvalue weighted by Gasteiger charge is -2.34. The Hall–Kier alpha value is -2.69. The number of Topliss-reactive ketones (excluding diaryl/α,β-unsaturated/α-hetero) is 1. The number of hydrogen-bond donors (Lipinski definition) is 1. The first-order valence-corrected chi connectivity index (χ1v) is 10.3. The molecule has 3 rings (SSSR count). The molecule has 27 heavy (non-hydrogen) atoms. The smallest absolute Gasteiger partial charge is 0.240 e. The molecule has 0 unspecified atom stereocenters. The van der Waals surface area contributed by atoms with E-state index in [1.807, 2.05) is 4.90 Å². The monoisotopic (exact) mass is 383 g/mol. The summed E-state index contributed by atoms with van der Waals surface area (Å²) in [5, 5.41) is 9.36. The highest BCUT2D eigenvalue weighted by Gasteiger charge is 2.26. The third kappa shape index (κ3) is 4.35. The highest BCUT2D eigenvalue weighted by atomic mass is 32.2. The summed E-state index contributed by atoms with van der Waals surface area (Å²) in [4.78, 5) is 13.9. The fourth-order valence-electron chi connectivity index (χ4n) is 3.23. The van der Waals surface area contributed by atoms with E-state index in [0.29, 0.717) is 37.1 Å². The van der Waals surface area contributed by atoms with Gasteiger partial charge in [-0.15, -0.1) is 0 Å². The minimum Gasteiger partial charge on any atom is -0.370 e. The van der Waals surface area contributed by atoms with Crippen LogP contribution in [-0.2, 0) is 10.0 Å². The van der Waals surface area contributed by atoms with Crippen LogP contribution in [0.5, 0.6) is 0 Å². The van der Waals surface area contributed by atoms with Crippen LogP contribution in [0.25, 0.3) is 0 Å². The number of hydrogen-bond acceptors (Lipinski definition) is 5. The normalized spacial score (nSPS) is 15.3. The van der Waals surface area contributed by atoms with E-state index in [9.17, 15) is 18.5 Å². The fraction of sp³-hybridized carbons (Fsp3) is 0.300. The Morgan fingerprint density at radius 1 is 1.15 bits per heavy atom. The van der Waals surface area contributed by atoms with E-state index in [2.05, 4.69) is 10.8 Å². The summed E-state index contributed by atoms with van der Waals surface area (Å²) in [5.74, 6) is -0.0498. The second-order valence-electron chi connectivity index (χ2n) is 6.60. The third-order valence-electron chi connectivity index (χ3n) is 4.74. The first-order chi connectivity index (χ1) is 12.9. The largest absolute Gasteiger partial charge is 0.370 e. The summed E-state index contributed by atoms with van der Waals surface area (Å²) in [5.41, 5.74) is 1.81. The Labute approximate surface area is 159 Å². The van der Waals surface area contributed by atoms with E-state index in [-0.39, 0.29) is 16.7 Å². The molecule has 1 N–H and O–H groups in total. The van der Waals surface area contributed by atoms with Crippen LogP contribution >= 0.6 is 0 Å². The van der Waals surface area contributed by atoms with Gasteiger partial charge in [-0.3, -0.25) is 4.79 Å². The second-order valence-corrected chi connectivity index (χ2v) is 8.31. The molecular weight excluding hydrogens is 362 g/mol. The molecule has 0 aliphatic carbocycles. The van der Waals surface area contributed by atoms with Crippen LogP contribution in [0.4, 0.5) is 5.69 Å². The quantitative estimate of drug-likeness (QED) is 0.802. The molecule has 1 heterocycles. The van der Waals surface area contributed by atoms with Gasteiger partial charge in [-0.25, -0.2) is 13.1 Å². The molecule has 0 radical (unpaired) electrons. The van der Waals surface area contributed by atoms with Crippen LogP contribution in [-0.4, -0.2) is 33.3 Å². The number of ketones is 1. The number of benzene rings is 2. The van der Waals surface area contributed by atoms with Crippen molar-refractivity contribution in [2.45, 2.75) is 30.7 Å². The first-order valence-electron chi connectivity index (χ1n) is 8.78. The molecule has 2 aromatic rings. The van der Waals surface area contributed by atoms with E-state index >= 15 is 0 Å². The standard InChI is InChI=1S/C20H21N3O3S/c1-15(24)16-7-8-17(14-21)20(13-16)23-11-9-18(10-12-23)22-27(25,26)19-5-3-2-4-6-19/h2-8,13,18,22H,9-12H2,1H3. The van der Waals surface area contributed by atoms with Crippen molar-refractivity contribution in [1.82, 2.24) is 4.72 Å². The predicted octanol–water partition coefficient (Wildman–Crippen LogP) is 2.71. The number of carbonyl (C=O) groups is 1. The van der Waals surface area contributed by atoms with E-state index in [1.54, 1.807) is 48.5 Å². The van der Waals surface area contributed by atoms with Gasteiger partial charge in [0.1, 0.15) is 6.07 Å². The van der Waals surface area contributed by atoms with Gasteiger partial charge in [-0.05, 0) is 50.1 Å². The Kier molecular flexibility index (Phi) is 5.59. The Morgan fingerprint density at radius 3 is 2.41 bits per heavy atom. The average molecular weight is 383 g/mol. The van der Waals surface area contributed by atoms with E-state index in [4.69, 9.17) is 0 Å². The van der Waals surface area contributed by atoms with Crippen LogP contribution in [0.15, 0.2) is 53.4 Å². The molecule has 6 nitrogen and oxygen atoms in total. The van der Waals surface area contributed by atoms with Crippen LogP contribution < -0.4 is 9.62 Å². The molecule has 0 spiro atoms. The molecule has 0 atom stereocenters. The number of carbonyl (C=O) groups excluding carboxylic acids is 1. The molecule has 0 bridgehead atoms. The van der Waals surface area contributed by atoms with Crippen molar-refractivity contribution in [3.8, 4) is 6.07 Å². The SMILES string of the molecule is CC(=O)c1ccc(C#N)c(N2CCC(NS(=O)(=O)c3ccccc3)CC2)c1. The summed E-state index contributed by atoms with van der Waals surface area (Å²) >= 11 is 0. The predicted molar refractivity (Wildman–Crippen MR) is 103 cm³/mol. The Bertz CT molecular complexity index is 973. The molecule has 1 fully saturated rings. The second kappa shape index (κ2) is 7.91. The number of nitrogens with one attached hydrogen (secondary N) is 1. The molecule has 7 heteroatoms. The van der Waals surface area contributed by atoms with Gasteiger partial charge in [0.15, 0.2) is 5.78 Å². The highest BCUT2D eigenvalue weighted by molar-refractivity contribution is 7.89. The lowest BCUT2D eigenvalue weighted by atomic mass is 10.0. The summed E-state index contributed by atoms with van der Waals surface area (Å²) in [6, 6.07) is 15.4. The molecule has 1 aliphatic heterocycles. The van der Waals surface area contributed by atoms with Crippen molar-refractivity contribution < 1.29 is 13.2 Å². The van der Waals surface area contributed by atoms with Crippen molar-refractivity contribution in [2.24, 2.45) is 0 Å². The fourth-order valence-corrected chi connectivity index (χ4v) is 4.56. The van der Waals surface area contributed by atoms with E-state index in [0.717, 1.165) is 5.69 Å². The van der Waals surface area contributed by atoms with Crippen molar-refractivity contribution in [2.75, 3.05) is 18.0 Å². The third-order valence-corrected chi connectivity index (χ3v) is 6.27. The van der Waals surface area contributed by atoms with Gasteiger partial charge >= 0.3 is 0 Å². The molecule has 0 aromatic heterocycles. The van der Waals surface area contributed by atoms with Gasteiger partial charge in [-0.1, -0.05) is 18.2 Å². The topological polar surface area (TPSA) is 90.3 Å². The number of nitriles is 1. The number of rotatable bonds is 5. The summed E-state index contributed by atoms with van der Waals surface area (Å²) < 4.78 is 27.7. The van der Waals surface area contributed by atoms with Crippen LogP contribution in [0.1, 0.15) is 35.7 Å². The number of anilines is 1. The average Bonchev–Trinajstić information content (AvgIpc) is 2.68. The van der Waals surface area contributed by atoms with Gasteiger partial charge in [0, 0.05) is 24.7 Å². The number of nitrogens with zero attached hydrogens (tertiary/aromatic N) is 2. The van der Waals surface area contributed by atoms with Crippen molar-refractivity contribution in [3.63, 3.8) is 0 Å². The molecule has 0 amide bonds. The van der Waals surface area contributed by atoms with Gasteiger partial charge in [0.25, 0.3) is 0 Å². The molecular formula is C20H21N3O3S. The van der Waals surface area contributed by atoms with E-state index < -0.39 is 10.0 Å². The maximum absolute atomic E-state index is 12.5. The Balaban J connectivity index is 1.70. The molecule has 1 saturated heterocycles. The summed E-state index contributed by atoms with van der Waals surface area (Å²) in [6.07, 6.45) is 1.25. The number of sulfonamides is 1. The zero-order valence-electron chi connectivity index (χ0n) is 15.1. The van der Waals surface area contributed by atoms with E-state index in [1.165, 1.54) is 6.92 Å². The van der Waals surface area contributed by atoms with Crippen molar-refractivity contribution in [3.05, 3.63) is 59.7 Å². The summed E-state index contributed by atoms with van der Waals surface area (Å²) in [7, 11) is -3.54. The maximum Gasteiger partial charge on any atom is 0.240 e. The van der Waals surface area contributed by atoms with Crippen molar-refractivity contribution in [1.29, 1.82) is 5.26 Å². The first kappa shape index (κ1) is 19.1. The van der Waals surface area contributed by atoms with Crippen LogP contribution in [0, 0.1) is 11.3 Å². The lowest BCUT2D eigenvalue weighted by Crippen LogP contribution is -2.44. The van der Waals surface area contributed by atoms with Gasteiger partial charge in [-0.2, -0.15) is 5.26 Å². The zero-order valence-corrected chi connectivity index (χ0v) is 15.9. The molecule has 0 saturated carbocycles. The van der Waals surface area contributed by atoms with Gasteiger partial charge < -0.3 is 4.90 Å². The van der Waals surface area contributed by atoms with Crippen LogP contribution in [0.2, 0.25) is 0 Å². The summed E-state index contributed by atoms with van der Waals surface area (Å²) in [6.45, 7) is 2.71.